The van der Waals surface area contributed by atoms with E-state index in [2.05, 4.69) is 5.32 Å². The second-order valence-corrected chi connectivity index (χ2v) is 4.95. The van der Waals surface area contributed by atoms with E-state index >= 15 is 0 Å². The molecule has 0 spiro atoms. The molecule has 11 heteroatoms. The van der Waals surface area contributed by atoms with E-state index < -0.39 is 36.0 Å². The van der Waals surface area contributed by atoms with E-state index in [0.29, 0.717) is 0 Å². The maximum absolute atomic E-state index is 10.1. The number of carboxylic acids is 3. The average molecular weight is 351 g/mol. The molecule has 140 valence electrons. The fourth-order valence-corrected chi connectivity index (χ4v) is 1.32. The number of primary amides is 1. The number of carbonyl (C=O) groups excluding carboxylic acids is 1. The van der Waals surface area contributed by atoms with E-state index in [-0.39, 0.29) is 18.9 Å². The minimum atomic E-state index is -1.23. The molecule has 1 aliphatic rings. The maximum atomic E-state index is 10.1. The van der Waals surface area contributed by atoms with Gasteiger partial charge in [-0.2, -0.15) is 0 Å². The van der Waals surface area contributed by atoms with Crippen LogP contribution in [-0.2, 0) is 19.2 Å². The minimum Gasteiger partial charge on any atom is -0.480 e. The van der Waals surface area contributed by atoms with E-state index in [1.807, 2.05) is 0 Å². The summed E-state index contributed by atoms with van der Waals surface area (Å²) in [6.07, 6.45) is 0.676. The van der Waals surface area contributed by atoms with Crippen molar-refractivity contribution in [2.75, 3.05) is 6.54 Å². The molecule has 0 radical (unpaired) electrons. The Labute approximate surface area is 138 Å². The van der Waals surface area contributed by atoms with Crippen LogP contribution in [0.15, 0.2) is 0 Å². The Morgan fingerprint density at radius 2 is 1.67 bits per heavy atom. The number of carboxylic acid groups (broad SMARTS) is 3. The average Bonchev–Trinajstić information content (AvgIpc) is 3.00. The standard InChI is InChI=1S/C5H10N2O3.C5H9NO2.C3H6O3/c6-3(5(9)10)1-2-4(7)8;7-5(8)4-2-1-3-6-4;1-2(4)3(5)6/h3H,1-2,6H2,(H2,7,8)(H,9,10);4,6H,1-3H2,(H,7,8);2,4H,1H3,(H,5,6)/t3-;4-;2-/m000/s1. The first-order valence-corrected chi connectivity index (χ1v) is 7.12. The number of amides is 1. The number of carbonyl (C=O) groups is 4. The lowest BCUT2D eigenvalue weighted by atomic mass is 10.2. The highest BCUT2D eigenvalue weighted by atomic mass is 16.4. The molecule has 0 aromatic rings. The van der Waals surface area contributed by atoms with Crippen LogP contribution in [0.4, 0.5) is 0 Å². The Morgan fingerprint density at radius 1 is 1.17 bits per heavy atom. The van der Waals surface area contributed by atoms with Crippen LogP contribution >= 0.6 is 0 Å². The molecule has 9 N–H and O–H groups in total. The van der Waals surface area contributed by atoms with Crippen molar-refractivity contribution in [2.45, 2.75) is 50.8 Å². The van der Waals surface area contributed by atoms with Crippen LogP contribution in [0.25, 0.3) is 0 Å². The molecule has 11 nitrogen and oxygen atoms in total. The zero-order valence-corrected chi connectivity index (χ0v) is 13.3. The number of rotatable bonds is 6. The van der Waals surface area contributed by atoms with Gasteiger partial charge in [-0.05, 0) is 32.7 Å². The Kier molecular flexibility index (Phi) is 13.2. The zero-order chi connectivity index (χ0) is 19.3. The van der Waals surface area contributed by atoms with E-state index in [0.717, 1.165) is 19.4 Å². The molecule has 0 unspecified atom stereocenters. The quantitative estimate of drug-likeness (QED) is 0.278. The predicted octanol–water partition coefficient (Wildman–Crippen LogP) is -2.06. The van der Waals surface area contributed by atoms with E-state index in [1.165, 1.54) is 6.92 Å². The molecule has 0 bridgehead atoms. The van der Waals surface area contributed by atoms with Gasteiger partial charge in [-0.1, -0.05) is 0 Å². The van der Waals surface area contributed by atoms with E-state index in [4.69, 9.17) is 31.9 Å². The van der Waals surface area contributed by atoms with Crippen LogP contribution < -0.4 is 16.8 Å². The number of hydrogen-bond donors (Lipinski definition) is 7. The van der Waals surface area contributed by atoms with Gasteiger partial charge in [-0.25, -0.2) is 4.79 Å². The molecule has 1 saturated heterocycles. The Morgan fingerprint density at radius 3 is 1.88 bits per heavy atom. The van der Waals surface area contributed by atoms with E-state index in [9.17, 15) is 19.2 Å². The summed E-state index contributed by atoms with van der Waals surface area (Å²) in [5.41, 5.74) is 9.81. The second kappa shape index (κ2) is 13.2. The molecular formula is C13H25N3O8. The third kappa shape index (κ3) is 14.7. The summed E-state index contributed by atoms with van der Waals surface area (Å²) in [7, 11) is 0. The molecule has 0 saturated carbocycles. The zero-order valence-electron chi connectivity index (χ0n) is 13.3. The van der Waals surface area contributed by atoms with Crippen molar-refractivity contribution in [3.05, 3.63) is 0 Å². The lowest BCUT2D eigenvalue weighted by Gasteiger charge is -2.01. The Hall–Kier alpha value is -2.24. The van der Waals surface area contributed by atoms with Crippen molar-refractivity contribution in [2.24, 2.45) is 11.5 Å². The largest absolute Gasteiger partial charge is 0.480 e. The fraction of sp³-hybridized carbons (Fsp3) is 0.692. The minimum absolute atomic E-state index is 0.0213. The van der Waals surface area contributed by atoms with Crippen molar-refractivity contribution in [1.82, 2.24) is 5.32 Å². The Bertz CT molecular complexity index is 421. The SMILES string of the molecule is C[C@H](O)C(=O)O.NC(=O)CC[C@H](N)C(=O)O.O=C(O)[C@@H]1CCCN1. The molecular weight excluding hydrogens is 326 g/mol. The first-order chi connectivity index (χ1) is 11.0. The third-order valence-corrected chi connectivity index (χ3v) is 2.73. The molecule has 1 aliphatic heterocycles. The lowest BCUT2D eigenvalue weighted by molar-refractivity contribution is -0.145. The van der Waals surface area contributed by atoms with Gasteiger partial charge in [-0.3, -0.25) is 14.4 Å². The Balaban J connectivity index is 0. The highest BCUT2D eigenvalue weighted by molar-refractivity contribution is 5.77. The van der Waals surface area contributed by atoms with Crippen molar-refractivity contribution in [3.63, 3.8) is 0 Å². The number of nitrogens with one attached hydrogen (secondary N) is 1. The molecule has 1 amide bonds. The van der Waals surface area contributed by atoms with Gasteiger partial charge < -0.3 is 37.2 Å². The molecule has 1 fully saturated rings. The fourth-order valence-electron chi connectivity index (χ4n) is 1.32. The number of aliphatic hydroxyl groups excluding tert-OH is 1. The smallest absolute Gasteiger partial charge is 0.332 e. The van der Waals surface area contributed by atoms with Crippen molar-refractivity contribution < 1.29 is 39.6 Å². The molecule has 0 aromatic heterocycles. The maximum Gasteiger partial charge on any atom is 0.332 e. The van der Waals surface area contributed by atoms with Gasteiger partial charge in [0.2, 0.25) is 5.91 Å². The molecule has 0 aliphatic carbocycles. The van der Waals surface area contributed by atoms with Crippen LogP contribution in [0.1, 0.15) is 32.6 Å². The van der Waals surface area contributed by atoms with Gasteiger partial charge in [0, 0.05) is 6.42 Å². The van der Waals surface area contributed by atoms with Crippen molar-refractivity contribution >= 4 is 23.8 Å². The molecule has 1 rings (SSSR count). The van der Waals surface area contributed by atoms with Gasteiger partial charge in [0.15, 0.2) is 0 Å². The van der Waals surface area contributed by atoms with Crippen LogP contribution in [0.2, 0.25) is 0 Å². The summed E-state index contributed by atoms with van der Waals surface area (Å²) in [5, 5.41) is 35.2. The summed E-state index contributed by atoms with van der Waals surface area (Å²) >= 11 is 0. The number of aliphatic carboxylic acids is 3. The number of nitrogens with two attached hydrogens (primary N) is 2. The van der Waals surface area contributed by atoms with Crippen molar-refractivity contribution in [1.29, 1.82) is 0 Å². The van der Waals surface area contributed by atoms with Crippen molar-refractivity contribution in [3.8, 4) is 0 Å². The van der Waals surface area contributed by atoms with Gasteiger partial charge in [0.1, 0.15) is 18.2 Å². The number of hydrogen-bond acceptors (Lipinski definition) is 7. The first-order valence-electron chi connectivity index (χ1n) is 7.12. The summed E-state index contributed by atoms with van der Waals surface area (Å²) in [6, 6.07) is -1.25. The van der Waals surface area contributed by atoms with E-state index in [1.54, 1.807) is 0 Å². The monoisotopic (exact) mass is 351 g/mol. The molecule has 3 atom stereocenters. The van der Waals surface area contributed by atoms with Gasteiger partial charge >= 0.3 is 17.9 Å². The topological polar surface area (TPSA) is 213 Å². The predicted molar refractivity (Wildman–Crippen MR) is 82.0 cm³/mol. The number of aliphatic hydroxyl groups is 1. The lowest BCUT2D eigenvalue weighted by Crippen LogP contribution is -2.31. The van der Waals surface area contributed by atoms with Crippen LogP contribution in [0, 0.1) is 0 Å². The van der Waals surface area contributed by atoms with Crippen LogP contribution in [0.5, 0.6) is 0 Å². The highest BCUT2D eigenvalue weighted by Crippen LogP contribution is 2.03. The first kappa shape index (κ1) is 24.0. The van der Waals surface area contributed by atoms with Gasteiger partial charge in [-0.15, -0.1) is 0 Å². The van der Waals surface area contributed by atoms with Crippen LogP contribution in [-0.4, -0.2) is 69.0 Å². The summed E-state index contributed by atoms with van der Waals surface area (Å²) in [6.45, 7) is 2.05. The molecule has 1 heterocycles. The second-order valence-electron chi connectivity index (χ2n) is 4.95. The van der Waals surface area contributed by atoms with Gasteiger partial charge in [0.25, 0.3) is 0 Å². The molecule has 24 heavy (non-hydrogen) atoms. The summed E-state index contributed by atoms with van der Waals surface area (Å²) in [4.78, 5) is 39.7. The third-order valence-electron chi connectivity index (χ3n) is 2.73. The van der Waals surface area contributed by atoms with Crippen LogP contribution in [0.3, 0.4) is 0 Å². The normalized spacial score (nSPS) is 18.0. The summed E-state index contributed by atoms with van der Waals surface area (Å²) < 4.78 is 0. The highest BCUT2D eigenvalue weighted by Gasteiger charge is 2.20. The molecule has 0 aromatic carbocycles. The summed E-state index contributed by atoms with van der Waals surface area (Å²) in [5.74, 6) is -3.55. The van der Waals surface area contributed by atoms with Gasteiger partial charge in [0.05, 0.1) is 0 Å².